The molecule has 4 rings (SSSR count). The van der Waals surface area contributed by atoms with Gasteiger partial charge in [-0.2, -0.15) is 4.98 Å². The maximum atomic E-state index is 12.7. The highest BCUT2D eigenvalue weighted by Crippen LogP contribution is 2.24. The third kappa shape index (κ3) is 4.70. The van der Waals surface area contributed by atoms with Crippen LogP contribution in [0.1, 0.15) is 27.9 Å². The fraction of sp³-hybridized carbons (Fsp3) is 0.0870. The topological polar surface area (TPSA) is 68.0 Å². The van der Waals surface area contributed by atoms with E-state index in [-0.39, 0.29) is 5.91 Å². The maximum Gasteiger partial charge on any atom is 0.251 e. The van der Waals surface area contributed by atoms with Crippen LogP contribution < -0.4 is 5.32 Å². The van der Waals surface area contributed by atoms with Gasteiger partial charge in [0.05, 0.1) is 0 Å². The molecule has 0 aliphatic carbocycles. The summed E-state index contributed by atoms with van der Waals surface area (Å²) in [5.74, 6) is 0.566. The highest BCUT2D eigenvalue weighted by molar-refractivity contribution is 6.30. The molecule has 1 aromatic heterocycles. The molecular formula is C23H18ClN3O2. The molecule has 1 N–H and O–H groups in total. The Kier molecular flexibility index (Phi) is 5.68. The molecule has 0 unspecified atom stereocenters. The van der Waals surface area contributed by atoms with Gasteiger partial charge in [0.25, 0.3) is 5.91 Å². The van der Waals surface area contributed by atoms with E-state index in [1.54, 1.807) is 24.3 Å². The number of nitrogens with one attached hydrogen (secondary N) is 1. The molecule has 1 amide bonds. The molecule has 4 aromatic rings. The zero-order valence-electron chi connectivity index (χ0n) is 15.5. The molecule has 0 fully saturated rings. The summed E-state index contributed by atoms with van der Waals surface area (Å²) >= 11 is 6.06. The van der Waals surface area contributed by atoms with E-state index in [4.69, 9.17) is 16.1 Å². The first-order valence-electron chi connectivity index (χ1n) is 9.18. The summed E-state index contributed by atoms with van der Waals surface area (Å²) in [6, 6.07) is 25.7. The molecule has 0 radical (unpaired) electrons. The van der Waals surface area contributed by atoms with Gasteiger partial charge in [0.2, 0.25) is 11.7 Å². The lowest BCUT2D eigenvalue weighted by Gasteiger charge is -2.15. The second-order valence-corrected chi connectivity index (χ2v) is 6.98. The van der Waals surface area contributed by atoms with Crippen molar-refractivity contribution in [2.75, 3.05) is 0 Å². The number of halogens is 1. The summed E-state index contributed by atoms with van der Waals surface area (Å²) in [4.78, 5) is 17.2. The molecule has 0 saturated heterocycles. The van der Waals surface area contributed by atoms with Crippen LogP contribution in [0.3, 0.4) is 0 Å². The molecule has 0 aliphatic heterocycles. The van der Waals surface area contributed by atoms with Gasteiger partial charge >= 0.3 is 0 Å². The average Bonchev–Trinajstić information content (AvgIpc) is 3.25. The van der Waals surface area contributed by atoms with Gasteiger partial charge < -0.3 is 9.84 Å². The molecule has 1 heterocycles. The van der Waals surface area contributed by atoms with Crippen LogP contribution in [0.4, 0.5) is 0 Å². The fourth-order valence-corrected chi connectivity index (χ4v) is 3.19. The molecule has 144 valence electrons. The van der Waals surface area contributed by atoms with Crippen molar-refractivity contribution in [3.8, 4) is 11.4 Å². The van der Waals surface area contributed by atoms with Gasteiger partial charge in [-0.1, -0.05) is 77.4 Å². The number of carbonyl (C=O) groups excluding carboxylic acids is 1. The van der Waals surface area contributed by atoms with Crippen LogP contribution in [0, 0.1) is 0 Å². The summed E-state index contributed by atoms with van der Waals surface area (Å²) < 4.78 is 5.51. The van der Waals surface area contributed by atoms with Gasteiger partial charge in [0.15, 0.2) is 0 Å². The first kappa shape index (κ1) is 18.9. The van der Waals surface area contributed by atoms with Crippen molar-refractivity contribution in [1.82, 2.24) is 15.5 Å². The van der Waals surface area contributed by atoms with Crippen LogP contribution in [0.15, 0.2) is 89.5 Å². The number of benzene rings is 3. The minimum atomic E-state index is -0.467. The second kappa shape index (κ2) is 8.71. The van der Waals surface area contributed by atoms with E-state index in [1.165, 1.54) is 0 Å². The highest BCUT2D eigenvalue weighted by Gasteiger charge is 2.23. The number of hydrogen-bond acceptors (Lipinski definition) is 4. The Hall–Kier alpha value is -3.44. The van der Waals surface area contributed by atoms with Crippen molar-refractivity contribution in [2.45, 2.75) is 12.5 Å². The van der Waals surface area contributed by atoms with Crippen molar-refractivity contribution < 1.29 is 9.32 Å². The van der Waals surface area contributed by atoms with E-state index in [0.717, 1.165) is 11.1 Å². The van der Waals surface area contributed by atoms with E-state index in [9.17, 15) is 4.79 Å². The van der Waals surface area contributed by atoms with Gasteiger partial charge in [-0.05, 0) is 29.8 Å². The summed E-state index contributed by atoms with van der Waals surface area (Å²) in [7, 11) is 0. The van der Waals surface area contributed by atoms with E-state index in [1.807, 2.05) is 60.7 Å². The summed E-state index contributed by atoms with van der Waals surface area (Å²) in [6.07, 6.45) is 0.524. The maximum absolute atomic E-state index is 12.7. The lowest BCUT2D eigenvalue weighted by atomic mass is 10.1. The molecule has 29 heavy (non-hydrogen) atoms. The SMILES string of the molecule is O=C(N[C@H](Cc1ccccc1)c1nc(-c2cccc(Cl)c2)no1)c1ccccc1. The van der Waals surface area contributed by atoms with Gasteiger partial charge in [0.1, 0.15) is 6.04 Å². The summed E-state index contributed by atoms with van der Waals surface area (Å²) in [5.41, 5.74) is 2.37. The van der Waals surface area contributed by atoms with Crippen molar-refractivity contribution >= 4 is 17.5 Å². The van der Waals surface area contributed by atoms with E-state index in [2.05, 4.69) is 15.5 Å². The quantitative estimate of drug-likeness (QED) is 0.486. The van der Waals surface area contributed by atoms with Crippen LogP contribution in [-0.4, -0.2) is 16.0 Å². The van der Waals surface area contributed by atoms with E-state index in [0.29, 0.717) is 28.7 Å². The highest BCUT2D eigenvalue weighted by atomic mass is 35.5. The number of nitrogens with zero attached hydrogens (tertiary/aromatic N) is 2. The van der Waals surface area contributed by atoms with Crippen molar-refractivity contribution in [3.05, 3.63) is 107 Å². The molecule has 0 aliphatic rings. The average molecular weight is 404 g/mol. The van der Waals surface area contributed by atoms with Gasteiger partial charge in [-0.15, -0.1) is 0 Å². The van der Waals surface area contributed by atoms with Crippen molar-refractivity contribution in [3.63, 3.8) is 0 Å². The Morgan fingerprint density at radius 2 is 1.69 bits per heavy atom. The standard InChI is InChI=1S/C23H18ClN3O2/c24-19-13-7-12-18(15-19)21-26-23(29-27-21)20(14-16-8-3-1-4-9-16)25-22(28)17-10-5-2-6-11-17/h1-13,15,20H,14H2,(H,25,28)/t20-/m1/s1. The molecule has 5 nitrogen and oxygen atoms in total. The molecule has 6 heteroatoms. The minimum Gasteiger partial charge on any atom is -0.340 e. The number of carbonyl (C=O) groups is 1. The zero-order chi connectivity index (χ0) is 20.1. The van der Waals surface area contributed by atoms with Crippen LogP contribution in [0.5, 0.6) is 0 Å². The summed E-state index contributed by atoms with van der Waals surface area (Å²) in [5, 5.41) is 7.68. The van der Waals surface area contributed by atoms with Gasteiger partial charge in [-0.25, -0.2) is 0 Å². The second-order valence-electron chi connectivity index (χ2n) is 6.55. The zero-order valence-corrected chi connectivity index (χ0v) is 16.2. The van der Waals surface area contributed by atoms with E-state index >= 15 is 0 Å². The Morgan fingerprint density at radius 3 is 2.41 bits per heavy atom. The van der Waals surface area contributed by atoms with E-state index < -0.39 is 6.04 Å². The van der Waals surface area contributed by atoms with Gasteiger partial charge in [0, 0.05) is 22.6 Å². The van der Waals surface area contributed by atoms with Gasteiger partial charge in [-0.3, -0.25) is 4.79 Å². The molecule has 0 bridgehead atoms. The minimum absolute atomic E-state index is 0.200. The Balaban J connectivity index is 1.62. The third-order valence-corrected chi connectivity index (χ3v) is 4.68. The number of hydrogen-bond donors (Lipinski definition) is 1. The molecule has 1 atom stereocenters. The largest absolute Gasteiger partial charge is 0.340 e. The molecule has 0 spiro atoms. The molecule has 3 aromatic carbocycles. The lowest BCUT2D eigenvalue weighted by Crippen LogP contribution is -2.30. The summed E-state index contributed by atoms with van der Waals surface area (Å²) in [6.45, 7) is 0. The third-order valence-electron chi connectivity index (χ3n) is 4.45. The number of aromatic nitrogens is 2. The predicted octanol–water partition coefficient (Wildman–Crippen LogP) is 5.10. The molecular weight excluding hydrogens is 386 g/mol. The lowest BCUT2D eigenvalue weighted by molar-refractivity contribution is 0.0928. The Labute approximate surface area is 173 Å². The normalized spacial score (nSPS) is 11.8. The predicted molar refractivity (Wildman–Crippen MR) is 112 cm³/mol. The van der Waals surface area contributed by atoms with Crippen molar-refractivity contribution in [2.24, 2.45) is 0 Å². The first-order valence-corrected chi connectivity index (χ1v) is 9.56. The van der Waals surface area contributed by atoms with Crippen molar-refractivity contribution in [1.29, 1.82) is 0 Å². The van der Waals surface area contributed by atoms with Crippen LogP contribution in [0.2, 0.25) is 5.02 Å². The fourth-order valence-electron chi connectivity index (χ4n) is 3.00. The van der Waals surface area contributed by atoms with Crippen LogP contribution >= 0.6 is 11.6 Å². The monoisotopic (exact) mass is 403 g/mol. The molecule has 0 saturated carbocycles. The van der Waals surface area contributed by atoms with Crippen LogP contribution in [-0.2, 0) is 6.42 Å². The smallest absolute Gasteiger partial charge is 0.251 e. The Morgan fingerprint density at radius 1 is 0.966 bits per heavy atom. The Bertz CT molecular complexity index is 1100. The number of rotatable bonds is 6. The van der Waals surface area contributed by atoms with Crippen LogP contribution in [0.25, 0.3) is 11.4 Å². The number of amides is 1. The first-order chi connectivity index (χ1) is 14.2.